The molecule has 1 heterocycles. The third-order valence-electron chi connectivity index (χ3n) is 2.74. The molecule has 2 aromatic rings. The third kappa shape index (κ3) is 4.20. The Balaban J connectivity index is 2.02. The van der Waals surface area contributed by atoms with E-state index in [0.717, 1.165) is 34.6 Å². The highest BCUT2D eigenvalue weighted by molar-refractivity contribution is 9.10. The van der Waals surface area contributed by atoms with E-state index in [0.29, 0.717) is 12.5 Å². The molecule has 0 spiro atoms. The van der Waals surface area contributed by atoms with Crippen LogP contribution in [0.5, 0.6) is 11.6 Å². The van der Waals surface area contributed by atoms with E-state index in [1.807, 2.05) is 24.3 Å². The molecule has 0 aliphatic rings. The van der Waals surface area contributed by atoms with E-state index in [1.54, 1.807) is 13.2 Å². The van der Waals surface area contributed by atoms with Crippen LogP contribution in [0.2, 0.25) is 0 Å². The SMILES string of the molecule is CCCc1nc(Br)cc(OCc2ccc(OC)cc2)n1. The lowest BCUT2D eigenvalue weighted by molar-refractivity contribution is 0.291. The Morgan fingerprint density at radius 1 is 1.15 bits per heavy atom. The average molecular weight is 337 g/mol. The van der Waals surface area contributed by atoms with Gasteiger partial charge in [0.2, 0.25) is 5.88 Å². The van der Waals surface area contributed by atoms with Crippen molar-refractivity contribution >= 4 is 15.9 Å². The van der Waals surface area contributed by atoms with E-state index < -0.39 is 0 Å². The molecule has 106 valence electrons. The number of hydrogen-bond donors (Lipinski definition) is 0. The zero-order chi connectivity index (χ0) is 14.4. The molecular weight excluding hydrogens is 320 g/mol. The number of benzene rings is 1. The quantitative estimate of drug-likeness (QED) is 0.753. The van der Waals surface area contributed by atoms with E-state index in [1.165, 1.54) is 0 Å². The van der Waals surface area contributed by atoms with Crippen molar-refractivity contribution in [3.05, 3.63) is 46.3 Å². The van der Waals surface area contributed by atoms with Gasteiger partial charge in [-0.2, -0.15) is 4.98 Å². The van der Waals surface area contributed by atoms with Gasteiger partial charge in [-0.25, -0.2) is 4.98 Å². The molecule has 0 fully saturated rings. The predicted octanol–water partition coefficient (Wildman–Crippen LogP) is 3.78. The van der Waals surface area contributed by atoms with Gasteiger partial charge in [0, 0.05) is 12.5 Å². The molecule has 0 radical (unpaired) electrons. The highest BCUT2D eigenvalue weighted by Gasteiger charge is 2.04. The van der Waals surface area contributed by atoms with E-state index >= 15 is 0 Å². The van der Waals surface area contributed by atoms with Crippen molar-refractivity contribution < 1.29 is 9.47 Å². The van der Waals surface area contributed by atoms with Crippen LogP contribution in [0.15, 0.2) is 34.9 Å². The first-order valence-corrected chi connectivity index (χ1v) is 7.29. The number of hydrogen-bond acceptors (Lipinski definition) is 4. The van der Waals surface area contributed by atoms with Crippen molar-refractivity contribution in [2.75, 3.05) is 7.11 Å². The number of halogens is 1. The highest BCUT2D eigenvalue weighted by atomic mass is 79.9. The monoisotopic (exact) mass is 336 g/mol. The molecule has 0 saturated carbocycles. The molecule has 4 nitrogen and oxygen atoms in total. The molecule has 0 N–H and O–H groups in total. The number of aryl methyl sites for hydroxylation is 1. The molecule has 0 bridgehead atoms. The summed E-state index contributed by atoms with van der Waals surface area (Å²) < 4.78 is 11.6. The summed E-state index contributed by atoms with van der Waals surface area (Å²) in [4.78, 5) is 8.69. The van der Waals surface area contributed by atoms with Crippen LogP contribution in [-0.2, 0) is 13.0 Å². The van der Waals surface area contributed by atoms with Crippen LogP contribution in [0.25, 0.3) is 0 Å². The van der Waals surface area contributed by atoms with Gasteiger partial charge < -0.3 is 9.47 Å². The third-order valence-corrected chi connectivity index (χ3v) is 3.14. The van der Waals surface area contributed by atoms with Crippen molar-refractivity contribution in [1.82, 2.24) is 9.97 Å². The van der Waals surface area contributed by atoms with Gasteiger partial charge in [-0.1, -0.05) is 19.1 Å². The van der Waals surface area contributed by atoms with Gasteiger partial charge in [0.05, 0.1) is 7.11 Å². The van der Waals surface area contributed by atoms with Crippen LogP contribution in [-0.4, -0.2) is 17.1 Å². The summed E-state index contributed by atoms with van der Waals surface area (Å²) in [5.41, 5.74) is 1.07. The van der Waals surface area contributed by atoms with Gasteiger partial charge in [0.25, 0.3) is 0 Å². The number of nitrogens with zero attached hydrogens (tertiary/aromatic N) is 2. The van der Waals surface area contributed by atoms with Crippen LogP contribution in [0.4, 0.5) is 0 Å². The summed E-state index contributed by atoms with van der Waals surface area (Å²) in [6.45, 7) is 2.57. The normalized spacial score (nSPS) is 10.3. The van der Waals surface area contributed by atoms with Crippen molar-refractivity contribution in [2.45, 2.75) is 26.4 Å². The molecule has 1 aromatic carbocycles. The maximum atomic E-state index is 5.71. The molecule has 0 aliphatic carbocycles. The first-order chi connectivity index (χ1) is 9.71. The van der Waals surface area contributed by atoms with Gasteiger partial charge in [0.1, 0.15) is 22.8 Å². The number of ether oxygens (including phenoxy) is 2. The largest absolute Gasteiger partial charge is 0.497 e. The predicted molar refractivity (Wildman–Crippen MR) is 81.1 cm³/mol. The van der Waals surface area contributed by atoms with Crippen LogP contribution in [0, 0.1) is 0 Å². The van der Waals surface area contributed by atoms with Crippen LogP contribution in [0.1, 0.15) is 24.7 Å². The smallest absolute Gasteiger partial charge is 0.218 e. The van der Waals surface area contributed by atoms with Gasteiger partial charge in [-0.3, -0.25) is 0 Å². The Morgan fingerprint density at radius 3 is 2.55 bits per heavy atom. The molecule has 0 aliphatic heterocycles. The Labute approximate surface area is 127 Å². The van der Waals surface area contributed by atoms with Gasteiger partial charge >= 0.3 is 0 Å². The maximum absolute atomic E-state index is 5.71. The van der Waals surface area contributed by atoms with E-state index in [-0.39, 0.29) is 0 Å². The van der Waals surface area contributed by atoms with Crippen LogP contribution < -0.4 is 9.47 Å². The fraction of sp³-hybridized carbons (Fsp3) is 0.333. The summed E-state index contributed by atoms with van der Waals surface area (Å²) in [6, 6.07) is 9.56. The van der Waals surface area contributed by atoms with Crippen LogP contribution in [0.3, 0.4) is 0 Å². The molecule has 20 heavy (non-hydrogen) atoms. The molecule has 0 amide bonds. The zero-order valence-electron chi connectivity index (χ0n) is 11.6. The number of aromatic nitrogens is 2. The van der Waals surface area contributed by atoms with Gasteiger partial charge in [0.15, 0.2) is 0 Å². The topological polar surface area (TPSA) is 44.2 Å². The molecule has 0 saturated heterocycles. The first-order valence-electron chi connectivity index (χ1n) is 6.50. The van der Waals surface area contributed by atoms with Gasteiger partial charge in [-0.15, -0.1) is 0 Å². The first kappa shape index (κ1) is 14.8. The molecule has 2 rings (SSSR count). The second kappa shape index (κ2) is 7.24. The zero-order valence-corrected chi connectivity index (χ0v) is 13.2. The summed E-state index contributed by atoms with van der Waals surface area (Å²) in [5, 5.41) is 0. The Bertz CT molecular complexity index is 558. The number of methoxy groups -OCH3 is 1. The summed E-state index contributed by atoms with van der Waals surface area (Å²) in [5.74, 6) is 2.22. The maximum Gasteiger partial charge on any atom is 0.218 e. The summed E-state index contributed by atoms with van der Waals surface area (Å²) in [7, 11) is 1.65. The fourth-order valence-electron chi connectivity index (χ4n) is 1.73. The average Bonchev–Trinajstić information content (AvgIpc) is 2.45. The Kier molecular flexibility index (Phi) is 5.35. The second-order valence-corrected chi connectivity index (χ2v) is 5.14. The number of rotatable bonds is 6. The van der Waals surface area contributed by atoms with Crippen molar-refractivity contribution in [3.8, 4) is 11.6 Å². The van der Waals surface area contributed by atoms with E-state index in [9.17, 15) is 0 Å². The van der Waals surface area contributed by atoms with Crippen molar-refractivity contribution in [2.24, 2.45) is 0 Å². The standard InChI is InChI=1S/C15H17BrN2O2/c1-3-4-14-17-13(16)9-15(18-14)20-10-11-5-7-12(19-2)8-6-11/h5-9H,3-4,10H2,1-2H3. The lowest BCUT2D eigenvalue weighted by atomic mass is 10.2. The molecule has 0 unspecified atom stereocenters. The van der Waals surface area contributed by atoms with Crippen LogP contribution >= 0.6 is 15.9 Å². The minimum Gasteiger partial charge on any atom is -0.497 e. The Hall–Kier alpha value is -1.62. The highest BCUT2D eigenvalue weighted by Crippen LogP contribution is 2.17. The Morgan fingerprint density at radius 2 is 1.90 bits per heavy atom. The second-order valence-electron chi connectivity index (χ2n) is 4.33. The minimum atomic E-state index is 0.471. The fourth-order valence-corrected chi connectivity index (χ4v) is 2.13. The van der Waals surface area contributed by atoms with Crippen molar-refractivity contribution in [1.29, 1.82) is 0 Å². The lowest BCUT2D eigenvalue weighted by Gasteiger charge is -2.08. The summed E-state index contributed by atoms with van der Waals surface area (Å²) in [6.07, 6.45) is 1.85. The molecule has 5 heteroatoms. The van der Waals surface area contributed by atoms with E-state index in [4.69, 9.17) is 9.47 Å². The molecule has 1 aromatic heterocycles. The van der Waals surface area contributed by atoms with Crippen molar-refractivity contribution in [3.63, 3.8) is 0 Å². The van der Waals surface area contributed by atoms with Gasteiger partial charge in [-0.05, 0) is 40.0 Å². The minimum absolute atomic E-state index is 0.471. The molecule has 0 atom stereocenters. The van der Waals surface area contributed by atoms with E-state index in [2.05, 4.69) is 32.8 Å². The molecular formula is C15H17BrN2O2. The summed E-state index contributed by atoms with van der Waals surface area (Å²) >= 11 is 3.38. The lowest BCUT2D eigenvalue weighted by Crippen LogP contribution is -2.01.